The van der Waals surface area contributed by atoms with Gasteiger partial charge < -0.3 is 14.8 Å². The molecule has 2 heterocycles. The van der Waals surface area contributed by atoms with Crippen LogP contribution in [0.25, 0.3) is 0 Å². The highest BCUT2D eigenvalue weighted by Gasteiger charge is 2.32. The topological polar surface area (TPSA) is 61.6 Å². The second-order valence-electron chi connectivity index (χ2n) is 6.81. The quantitative estimate of drug-likeness (QED) is 0.541. The maximum atomic E-state index is 12.6. The molecular formula is C17H30F3N7. The normalized spacial score (nSPS) is 18.6. The first-order chi connectivity index (χ1) is 12.9. The molecule has 154 valence electrons. The average molecular weight is 389 g/mol. The summed E-state index contributed by atoms with van der Waals surface area (Å²) in [4.78, 5) is 7.92. The Kier molecular flexibility index (Phi) is 7.88. The molecule has 27 heavy (non-hydrogen) atoms. The number of guanidine groups is 1. The minimum absolute atomic E-state index is 0.218. The number of aryl methyl sites for hydroxylation is 1. The van der Waals surface area contributed by atoms with Crippen molar-refractivity contribution in [3.8, 4) is 0 Å². The zero-order chi connectivity index (χ0) is 19.9. The SMILES string of the molecule is CCc1nncn1CCNC(=NC)N1CCC(CN(CC)CC(F)(F)F)C1. The summed E-state index contributed by atoms with van der Waals surface area (Å²) in [5.74, 6) is 1.95. The fourth-order valence-electron chi connectivity index (χ4n) is 3.46. The van der Waals surface area contributed by atoms with Gasteiger partial charge in [0, 0.05) is 46.2 Å². The standard InChI is InChI=1S/C17H30F3N7/c1-4-15-24-23-13-27(15)9-7-22-16(21-3)26-8-6-14(11-26)10-25(5-2)12-17(18,19)20/h13-14H,4-12H2,1-3H3,(H,21,22). The molecule has 1 fully saturated rings. The summed E-state index contributed by atoms with van der Waals surface area (Å²) < 4.78 is 39.9. The van der Waals surface area contributed by atoms with Crippen LogP contribution in [-0.4, -0.2) is 83.0 Å². The minimum Gasteiger partial charge on any atom is -0.354 e. The van der Waals surface area contributed by atoms with Gasteiger partial charge in [-0.25, -0.2) is 0 Å². The summed E-state index contributed by atoms with van der Waals surface area (Å²) in [6, 6.07) is 0. The molecule has 0 aliphatic carbocycles. The number of hydrogen-bond donors (Lipinski definition) is 1. The van der Waals surface area contributed by atoms with Crippen LogP contribution in [0.3, 0.4) is 0 Å². The third-order valence-electron chi connectivity index (χ3n) is 4.81. The van der Waals surface area contributed by atoms with E-state index in [1.807, 2.05) is 11.5 Å². The monoisotopic (exact) mass is 389 g/mol. The van der Waals surface area contributed by atoms with E-state index in [-0.39, 0.29) is 5.92 Å². The first kappa shape index (κ1) is 21.5. The maximum Gasteiger partial charge on any atom is 0.401 e. The zero-order valence-corrected chi connectivity index (χ0v) is 16.3. The third-order valence-corrected chi connectivity index (χ3v) is 4.81. The Morgan fingerprint density at radius 2 is 2.19 bits per heavy atom. The molecule has 2 rings (SSSR count). The van der Waals surface area contributed by atoms with Crippen LogP contribution in [-0.2, 0) is 13.0 Å². The van der Waals surface area contributed by atoms with Gasteiger partial charge in [0.2, 0.25) is 0 Å². The van der Waals surface area contributed by atoms with Crippen LogP contribution < -0.4 is 5.32 Å². The lowest BCUT2D eigenvalue weighted by molar-refractivity contribution is -0.146. The number of alkyl halides is 3. The molecule has 1 atom stereocenters. The van der Waals surface area contributed by atoms with Gasteiger partial charge in [0.1, 0.15) is 12.2 Å². The lowest BCUT2D eigenvalue weighted by Crippen LogP contribution is -2.42. The molecule has 1 aliphatic heterocycles. The van der Waals surface area contributed by atoms with Crippen molar-refractivity contribution in [2.75, 3.05) is 46.3 Å². The van der Waals surface area contributed by atoms with Crippen LogP contribution in [0.2, 0.25) is 0 Å². The van der Waals surface area contributed by atoms with Gasteiger partial charge in [-0.2, -0.15) is 13.2 Å². The van der Waals surface area contributed by atoms with E-state index < -0.39 is 12.7 Å². The lowest BCUT2D eigenvalue weighted by Gasteiger charge is -2.26. The molecule has 0 bridgehead atoms. The molecule has 1 N–H and O–H groups in total. The first-order valence-corrected chi connectivity index (χ1v) is 9.47. The van der Waals surface area contributed by atoms with E-state index in [1.54, 1.807) is 20.3 Å². The smallest absolute Gasteiger partial charge is 0.354 e. The predicted octanol–water partition coefficient (Wildman–Crippen LogP) is 1.62. The molecule has 1 aliphatic rings. The molecule has 1 unspecified atom stereocenters. The van der Waals surface area contributed by atoms with Crippen molar-refractivity contribution in [2.24, 2.45) is 10.9 Å². The van der Waals surface area contributed by atoms with Gasteiger partial charge in [0.15, 0.2) is 5.96 Å². The Hall–Kier alpha value is -1.84. The number of likely N-dealkylation sites (tertiary alicyclic amines) is 1. The van der Waals surface area contributed by atoms with Gasteiger partial charge in [0.25, 0.3) is 0 Å². The van der Waals surface area contributed by atoms with Crippen molar-refractivity contribution in [1.29, 1.82) is 0 Å². The zero-order valence-electron chi connectivity index (χ0n) is 16.3. The van der Waals surface area contributed by atoms with E-state index in [0.717, 1.165) is 44.3 Å². The number of nitrogens with one attached hydrogen (secondary N) is 1. The molecule has 7 nitrogen and oxygen atoms in total. The van der Waals surface area contributed by atoms with E-state index >= 15 is 0 Å². The highest BCUT2D eigenvalue weighted by atomic mass is 19.4. The van der Waals surface area contributed by atoms with Gasteiger partial charge >= 0.3 is 6.18 Å². The van der Waals surface area contributed by atoms with Gasteiger partial charge in [-0.05, 0) is 18.9 Å². The number of rotatable bonds is 8. The van der Waals surface area contributed by atoms with Crippen molar-refractivity contribution < 1.29 is 13.2 Å². The summed E-state index contributed by atoms with van der Waals surface area (Å²) in [6.07, 6.45) is -0.727. The third kappa shape index (κ3) is 6.67. The first-order valence-electron chi connectivity index (χ1n) is 9.47. The number of aromatic nitrogens is 3. The van der Waals surface area contributed by atoms with Gasteiger partial charge in [-0.3, -0.25) is 9.89 Å². The second-order valence-corrected chi connectivity index (χ2v) is 6.81. The summed E-state index contributed by atoms with van der Waals surface area (Å²) in [5, 5.41) is 11.3. The van der Waals surface area contributed by atoms with E-state index in [0.29, 0.717) is 19.6 Å². The van der Waals surface area contributed by atoms with Crippen LogP contribution in [0, 0.1) is 5.92 Å². The fourth-order valence-corrected chi connectivity index (χ4v) is 3.46. The second kappa shape index (κ2) is 9.91. The largest absolute Gasteiger partial charge is 0.401 e. The predicted molar refractivity (Wildman–Crippen MR) is 98.6 cm³/mol. The van der Waals surface area contributed by atoms with Crippen LogP contribution in [0.4, 0.5) is 13.2 Å². The molecule has 0 aromatic carbocycles. The minimum atomic E-state index is -4.15. The van der Waals surface area contributed by atoms with Crippen LogP contribution in [0.1, 0.15) is 26.1 Å². The van der Waals surface area contributed by atoms with Gasteiger partial charge in [-0.15, -0.1) is 10.2 Å². The molecular weight excluding hydrogens is 359 g/mol. The van der Waals surface area contributed by atoms with E-state index in [1.165, 1.54) is 4.90 Å². The average Bonchev–Trinajstić information content (AvgIpc) is 3.26. The Labute approximate surface area is 158 Å². The van der Waals surface area contributed by atoms with Crippen molar-refractivity contribution in [1.82, 2.24) is 29.9 Å². The van der Waals surface area contributed by atoms with E-state index in [9.17, 15) is 13.2 Å². The Balaban J connectivity index is 1.79. The molecule has 1 saturated heterocycles. The molecule has 0 amide bonds. The summed E-state index contributed by atoms with van der Waals surface area (Å²) >= 11 is 0. The van der Waals surface area contributed by atoms with E-state index in [2.05, 4.69) is 25.4 Å². The van der Waals surface area contributed by atoms with Crippen molar-refractivity contribution >= 4 is 5.96 Å². The summed E-state index contributed by atoms with van der Waals surface area (Å²) in [5.41, 5.74) is 0. The summed E-state index contributed by atoms with van der Waals surface area (Å²) in [6.45, 7) is 6.79. The molecule has 0 saturated carbocycles. The Morgan fingerprint density at radius 1 is 1.41 bits per heavy atom. The Morgan fingerprint density at radius 3 is 2.81 bits per heavy atom. The van der Waals surface area contributed by atoms with Crippen molar-refractivity contribution in [3.05, 3.63) is 12.2 Å². The highest BCUT2D eigenvalue weighted by molar-refractivity contribution is 5.80. The molecule has 1 aromatic rings. The van der Waals surface area contributed by atoms with Crippen LogP contribution in [0.5, 0.6) is 0 Å². The molecule has 1 aromatic heterocycles. The fraction of sp³-hybridized carbons (Fsp3) is 0.824. The number of nitrogens with zero attached hydrogens (tertiary/aromatic N) is 6. The van der Waals surface area contributed by atoms with Crippen LogP contribution >= 0.6 is 0 Å². The van der Waals surface area contributed by atoms with Crippen molar-refractivity contribution in [3.63, 3.8) is 0 Å². The molecule has 10 heteroatoms. The molecule has 0 radical (unpaired) electrons. The maximum absolute atomic E-state index is 12.6. The summed E-state index contributed by atoms with van der Waals surface area (Å²) in [7, 11) is 1.73. The van der Waals surface area contributed by atoms with Gasteiger partial charge in [-0.1, -0.05) is 13.8 Å². The number of halogens is 3. The lowest BCUT2D eigenvalue weighted by atomic mass is 10.1. The number of aliphatic imine (C=N–C) groups is 1. The number of hydrogen-bond acceptors (Lipinski definition) is 4. The molecule has 0 spiro atoms. The van der Waals surface area contributed by atoms with Crippen molar-refractivity contribution in [2.45, 2.75) is 39.4 Å². The van der Waals surface area contributed by atoms with Crippen LogP contribution in [0.15, 0.2) is 11.3 Å². The highest BCUT2D eigenvalue weighted by Crippen LogP contribution is 2.21. The van der Waals surface area contributed by atoms with Gasteiger partial charge in [0.05, 0.1) is 6.54 Å². The van der Waals surface area contributed by atoms with E-state index in [4.69, 9.17) is 0 Å². The Bertz CT molecular complexity index is 600.